The van der Waals surface area contributed by atoms with Gasteiger partial charge in [-0.05, 0) is 61.5 Å². The number of Topliss-reactive ketones (excluding diaryl/α,β-unsaturated/α-hetero) is 1. The van der Waals surface area contributed by atoms with Gasteiger partial charge in [-0.1, -0.05) is 24.3 Å². The van der Waals surface area contributed by atoms with Crippen LogP contribution in [0.3, 0.4) is 0 Å². The molecule has 0 aliphatic rings. The first-order valence-electron chi connectivity index (χ1n) is 9.45. The zero-order chi connectivity index (χ0) is 22.4. The third-order valence-corrected chi connectivity index (χ3v) is 6.31. The second-order valence-electron chi connectivity index (χ2n) is 6.75. The first-order valence-corrected chi connectivity index (χ1v) is 10.9. The zero-order valence-corrected chi connectivity index (χ0v) is 17.9. The van der Waals surface area contributed by atoms with E-state index >= 15 is 0 Å². The monoisotopic (exact) mass is 438 g/mol. The minimum atomic E-state index is -3.79. The third kappa shape index (κ3) is 5.49. The Hall–Kier alpha value is -3.65. The largest absolute Gasteiger partial charge is 0.484 e. The van der Waals surface area contributed by atoms with E-state index in [-0.39, 0.29) is 17.3 Å². The summed E-state index contributed by atoms with van der Waals surface area (Å²) in [6.07, 6.45) is 0. The molecule has 0 bridgehead atoms. The number of nitrogens with zero attached hydrogens (tertiary/aromatic N) is 1. The second-order valence-corrected chi connectivity index (χ2v) is 8.72. The van der Waals surface area contributed by atoms with Crippen molar-refractivity contribution in [2.45, 2.75) is 11.8 Å². The van der Waals surface area contributed by atoms with E-state index in [2.05, 4.69) is 5.32 Å². The molecule has 0 fully saturated rings. The lowest BCUT2D eigenvalue weighted by atomic mass is 10.1. The first kappa shape index (κ1) is 22.0. The molecule has 1 N–H and O–H groups in total. The number of hydrogen-bond acceptors (Lipinski definition) is 5. The Bertz CT molecular complexity index is 1180. The topological polar surface area (TPSA) is 92.8 Å². The van der Waals surface area contributed by atoms with Gasteiger partial charge in [0.25, 0.3) is 15.9 Å². The summed E-state index contributed by atoms with van der Waals surface area (Å²) in [6, 6.07) is 21.2. The van der Waals surface area contributed by atoms with Crippen LogP contribution in [0.5, 0.6) is 5.75 Å². The number of benzene rings is 3. The first-order chi connectivity index (χ1) is 14.8. The Kier molecular flexibility index (Phi) is 6.71. The van der Waals surface area contributed by atoms with E-state index in [4.69, 9.17) is 4.74 Å². The van der Waals surface area contributed by atoms with E-state index in [0.29, 0.717) is 22.7 Å². The number of nitrogens with one attached hydrogen (secondary N) is 1. The molecule has 0 heterocycles. The molecule has 0 saturated heterocycles. The van der Waals surface area contributed by atoms with Crippen molar-refractivity contribution in [2.75, 3.05) is 23.3 Å². The number of sulfonamides is 1. The summed E-state index contributed by atoms with van der Waals surface area (Å²) in [5.74, 6) is -0.0559. The van der Waals surface area contributed by atoms with Crippen LogP contribution in [0, 0.1) is 0 Å². The fraction of sp³-hybridized carbons (Fsp3) is 0.130. The lowest BCUT2D eigenvalue weighted by Gasteiger charge is -2.19. The number of carbonyl (C=O) groups excluding carboxylic acids is 2. The fourth-order valence-corrected chi connectivity index (χ4v) is 4.04. The number of para-hydroxylation sites is 1. The van der Waals surface area contributed by atoms with Gasteiger partial charge >= 0.3 is 0 Å². The number of amides is 1. The summed E-state index contributed by atoms with van der Waals surface area (Å²) in [6.45, 7) is 1.20. The Morgan fingerprint density at radius 3 is 2.26 bits per heavy atom. The molecule has 0 unspecified atom stereocenters. The molecule has 1 amide bonds. The van der Waals surface area contributed by atoms with Crippen molar-refractivity contribution < 1.29 is 22.7 Å². The second kappa shape index (κ2) is 9.44. The van der Waals surface area contributed by atoms with Crippen molar-refractivity contribution in [3.63, 3.8) is 0 Å². The van der Waals surface area contributed by atoms with E-state index in [1.807, 2.05) is 0 Å². The number of anilines is 2. The van der Waals surface area contributed by atoms with E-state index < -0.39 is 15.9 Å². The molecule has 3 rings (SSSR count). The van der Waals surface area contributed by atoms with Crippen molar-refractivity contribution in [1.29, 1.82) is 0 Å². The molecule has 31 heavy (non-hydrogen) atoms. The van der Waals surface area contributed by atoms with Gasteiger partial charge in [-0.2, -0.15) is 0 Å². The molecule has 0 aromatic heterocycles. The average Bonchev–Trinajstić information content (AvgIpc) is 2.78. The van der Waals surface area contributed by atoms with Crippen molar-refractivity contribution in [3.05, 3.63) is 84.4 Å². The lowest BCUT2D eigenvalue weighted by molar-refractivity contribution is -0.118. The van der Waals surface area contributed by atoms with Crippen LogP contribution < -0.4 is 14.4 Å². The molecule has 7 nitrogen and oxygen atoms in total. The summed E-state index contributed by atoms with van der Waals surface area (Å²) in [4.78, 5) is 23.6. The molecule has 0 saturated carbocycles. The van der Waals surface area contributed by atoms with Crippen molar-refractivity contribution in [2.24, 2.45) is 0 Å². The normalized spacial score (nSPS) is 10.9. The van der Waals surface area contributed by atoms with Crippen LogP contribution in [-0.2, 0) is 14.8 Å². The van der Waals surface area contributed by atoms with Crippen LogP contribution in [0.15, 0.2) is 83.8 Å². The molecule has 0 atom stereocenters. The number of ketones is 1. The van der Waals surface area contributed by atoms with Crippen LogP contribution in [0.4, 0.5) is 11.4 Å². The van der Waals surface area contributed by atoms with E-state index in [1.165, 1.54) is 30.4 Å². The number of ether oxygens (including phenoxy) is 1. The predicted molar refractivity (Wildman–Crippen MR) is 119 cm³/mol. The maximum atomic E-state index is 12.9. The third-order valence-electron chi connectivity index (χ3n) is 4.53. The van der Waals surface area contributed by atoms with E-state index in [9.17, 15) is 18.0 Å². The molecule has 8 heteroatoms. The molecule has 0 aliphatic carbocycles. The molecular weight excluding hydrogens is 416 g/mol. The molecule has 0 radical (unpaired) electrons. The SMILES string of the molecule is CC(=O)c1ccc(OCC(=O)Nc2cccc(S(=O)(=O)N(C)c3ccccc3)c2)cc1. The van der Waals surface area contributed by atoms with Gasteiger partial charge in [-0.15, -0.1) is 0 Å². The number of hydrogen-bond donors (Lipinski definition) is 1. The van der Waals surface area contributed by atoms with Crippen LogP contribution >= 0.6 is 0 Å². The molecule has 3 aromatic carbocycles. The number of rotatable bonds is 8. The maximum absolute atomic E-state index is 12.9. The van der Waals surface area contributed by atoms with Crippen molar-refractivity contribution in [1.82, 2.24) is 0 Å². The zero-order valence-electron chi connectivity index (χ0n) is 17.1. The minimum Gasteiger partial charge on any atom is -0.484 e. The summed E-state index contributed by atoms with van der Waals surface area (Å²) in [7, 11) is -2.32. The Morgan fingerprint density at radius 1 is 0.935 bits per heavy atom. The summed E-state index contributed by atoms with van der Waals surface area (Å²) < 4.78 is 32.4. The molecular formula is C23H22N2O5S. The van der Waals surface area contributed by atoms with Gasteiger partial charge in [0, 0.05) is 18.3 Å². The van der Waals surface area contributed by atoms with Crippen molar-refractivity contribution >= 4 is 33.1 Å². The maximum Gasteiger partial charge on any atom is 0.264 e. The van der Waals surface area contributed by atoms with E-state index in [0.717, 1.165) is 0 Å². The Labute approximate surface area is 181 Å². The molecule has 0 spiro atoms. The molecule has 160 valence electrons. The van der Waals surface area contributed by atoms with Gasteiger partial charge in [0.1, 0.15) is 5.75 Å². The van der Waals surface area contributed by atoms with Gasteiger partial charge < -0.3 is 10.1 Å². The highest BCUT2D eigenvalue weighted by Crippen LogP contribution is 2.23. The van der Waals surface area contributed by atoms with E-state index in [1.54, 1.807) is 66.7 Å². The smallest absolute Gasteiger partial charge is 0.264 e. The summed E-state index contributed by atoms with van der Waals surface area (Å²) in [5, 5.41) is 2.63. The molecule has 3 aromatic rings. The average molecular weight is 439 g/mol. The van der Waals surface area contributed by atoms with Gasteiger partial charge in [0.05, 0.1) is 10.6 Å². The predicted octanol–water partition coefficient (Wildman–Crippen LogP) is 3.73. The Morgan fingerprint density at radius 2 is 1.61 bits per heavy atom. The highest BCUT2D eigenvalue weighted by Gasteiger charge is 2.21. The van der Waals surface area contributed by atoms with Gasteiger partial charge in [0.2, 0.25) is 0 Å². The molecule has 0 aliphatic heterocycles. The van der Waals surface area contributed by atoms with Crippen LogP contribution in [0.1, 0.15) is 17.3 Å². The van der Waals surface area contributed by atoms with Gasteiger partial charge in [0.15, 0.2) is 12.4 Å². The van der Waals surface area contributed by atoms with Crippen LogP contribution in [0.2, 0.25) is 0 Å². The highest BCUT2D eigenvalue weighted by atomic mass is 32.2. The van der Waals surface area contributed by atoms with Gasteiger partial charge in [-0.3, -0.25) is 13.9 Å². The Balaban J connectivity index is 1.65. The van der Waals surface area contributed by atoms with Crippen LogP contribution in [-0.4, -0.2) is 33.8 Å². The van der Waals surface area contributed by atoms with Gasteiger partial charge in [-0.25, -0.2) is 8.42 Å². The summed E-state index contributed by atoms with van der Waals surface area (Å²) in [5.41, 5.74) is 1.42. The van der Waals surface area contributed by atoms with Crippen molar-refractivity contribution in [3.8, 4) is 5.75 Å². The fourth-order valence-electron chi connectivity index (χ4n) is 2.80. The minimum absolute atomic E-state index is 0.0531. The standard InChI is InChI=1S/C23H22N2O5S/c1-17(26)18-11-13-21(14-12-18)30-16-23(27)24-19-7-6-10-22(15-19)31(28,29)25(2)20-8-4-3-5-9-20/h3-15H,16H2,1-2H3,(H,24,27). The summed E-state index contributed by atoms with van der Waals surface area (Å²) >= 11 is 0. The number of carbonyl (C=O) groups is 2. The highest BCUT2D eigenvalue weighted by molar-refractivity contribution is 7.92. The lowest BCUT2D eigenvalue weighted by Crippen LogP contribution is -2.26. The quantitative estimate of drug-likeness (QED) is 0.541. The van der Waals surface area contributed by atoms with Crippen LogP contribution in [0.25, 0.3) is 0 Å².